The number of anilines is 2. The first-order chi connectivity index (χ1) is 19.0. The highest BCUT2D eigenvalue weighted by molar-refractivity contribution is 5.83. The van der Waals surface area contributed by atoms with E-state index in [1.807, 2.05) is 52.0 Å². The van der Waals surface area contributed by atoms with E-state index in [1.54, 1.807) is 0 Å². The Morgan fingerprint density at radius 2 is 1.54 bits per heavy atom. The second kappa shape index (κ2) is 16.2. The summed E-state index contributed by atoms with van der Waals surface area (Å²) in [6.45, 7) is 18.4. The minimum absolute atomic E-state index is 0.0416. The Morgan fingerprint density at radius 3 is 2.21 bits per heavy atom. The van der Waals surface area contributed by atoms with Gasteiger partial charge in [0.15, 0.2) is 0 Å². The lowest BCUT2D eigenvalue weighted by atomic mass is 9.87. The molecule has 5 rings (SSSR count). The SMILES string of the molecule is CC.CC.CC1=CCN(c2ccc(F)cc2)c2ccccc21.CCN(C)CCC1(CC)OCc2ccccc21. The van der Waals surface area contributed by atoms with Crippen LogP contribution in [0.3, 0.4) is 0 Å². The number of hydrogen-bond donors (Lipinski definition) is 0. The van der Waals surface area contributed by atoms with Crippen LogP contribution in [0.15, 0.2) is 78.9 Å². The Bertz CT molecular complexity index is 1160. The summed E-state index contributed by atoms with van der Waals surface area (Å²) < 4.78 is 19.1. The second-order valence-corrected chi connectivity index (χ2v) is 9.43. The lowest BCUT2D eigenvalue weighted by Gasteiger charge is -2.30. The Labute approximate surface area is 237 Å². The molecule has 3 nitrogen and oxygen atoms in total. The molecule has 0 bridgehead atoms. The van der Waals surface area contributed by atoms with Crippen LogP contribution in [0.25, 0.3) is 5.57 Å². The molecule has 0 fully saturated rings. The first-order valence-corrected chi connectivity index (χ1v) is 14.7. The maximum Gasteiger partial charge on any atom is 0.123 e. The van der Waals surface area contributed by atoms with Crippen molar-refractivity contribution in [3.05, 3.63) is 101 Å². The van der Waals surface area contributed by atoms with Crippen molar-refractivity contribution in [2.24, 2.45) is 0 Å². The van der Waals surface area contributed by atoms with E-state index in [-0.39, 0.29) is 11.4 Å². The zero-order valence-corrected chi connectivity index (χ0v) is 25.4. The fraction of sp³-hybridized carbons (Fsp3) is 0.429. The first kappa shape index (κ1) is 32.3. The highest BCUT2D eigenvalue weighted by atomic mass is 19.1. The molecule has 0 amide bonds. The number of fused-ring (bicyclic) bond motifs is 2. The van der Waals surface area contributed by atoms with Gasteiger partial charge >= 0.3 is 0 Å². The highest BCUT2D eigenvalue weighted by Crippen LogP contribution is 2.41. The first-order valence-electron chi connectivity index (χ1n) is 14.7. The molecule has 0 aliphatic carbocycles. The van der Waals surface area contributed by atoms with Crippen molar-refractivity contribution in [1.82, 2.24) is 4.90 Å². The predicted octanol–water partition coefficient (Wildman–Crippen LogP) is 9.60. The molecule has 3 aromatic carbocycles. The van der Waals surface area contributed by atoms with Gasteiger partial charge in [-0.3, -0.25) is 0 Å². The number of ether oxygens (including phenoxy) is 1. The molecule has 1 atom stereocenters. The zero-order valence-electron chi connectivity index (χ0n) is 25.4. The smallest absolute Gasteiger partial charge is 0.123 e. The van der Waals surface area contributed by atoms with Crippen LogP contribution in [0.4, 0.5) is 15.8 Å². The Hall–Kier alpha value is -2.95. The molecule has 2 aliphatic rings. The average molecular weight is 533 g/mol. The molecule has 0 saturated carbocycles. The molecule has 0 N–H and O–H groups in total. The summed E-state index contributed by atoms with van der Waals surface area (Å²) in [7, 11) is 2.17. The van der Waals surface area contributed by atoms with E-state index in [0.717, 1.165) is 44.8 Å². The fourth-order valence-corrected chi connectivity index (χ4v) is 4.93. The Balaban J connectivity index is 0.000000243. The number of nitrogens with zero attached hydrogens (tertiary/aromatic N) is 2. The molecule has 0 spiro atoms. The molecule has 0 radical (unpaired) electrons. The van der Waals surface area contributed by atoms with Crippen molar-refractivity contribution in [2.75, 3.05) is 31.6 Å². The molecule has 2 aliphatic heterocycles. The van der Waals surface area contributed by atoms with Gasteiger partial charge in [-0.05, 0) is 80.4 Å². The quantitative estimate of drug-likeness (QED) is 0.314. The fourth-order valence-electron chi connectivity index (χ4n) is 4.93. The molecule has 1 unspecified atom stereocenters. The molecule has 2 heterocycles. The lowest BCUT2D eigenvalue weighted by molar-refractivity contribution is -0.0514. The lowest BCUT2D eigenvalue weighted by Crippen LogP contribution is -2.31. The topological polar surface area (TPSA) is 15.7 Å². The molecule has 4 heteroatoms. The van der Waals surface area contributed by atoms with Crippen molar-refractivity contribution < 1.29 is 9.13 Å². The van der Waals surface area contributed by atoms with Gasteiger partial charge in [0.05, 0.1) is 12.2 Å². The van der Waals surface area contributed by atoms with E-state index in [0.29, 0.717) is 0 Å². The number of rotatable bonds is 6. The van der Waals surface area contributed by atoms with Gasteiger partial charge < -0.3 is 14.5 Å². The van der Waals surface area contributed by atoms with E-state index in [9.17, 15) is 4.39 Å². The summed E-state index contributed by atoms with van der Waals surface area (Å²) in [4.78, 5) is 4.55. The number of benzene rings is 3. The van der Waals surface area contributed by atoms with Gasteiger partial charge in [0.2, 0.25) is 0 Å². The maximum atomic E-state index is 13.0. The largest absolute Gasteiger partial charge is 0.366 e. The number of para-hydroxylation sites is 1. The Kier molecular flexibility index (Phi) is 13.4. The monoisotopic (exact) mass is 532 g/mol. The normalized spacial score (nSPS) is 16.9. The van der Waals surface area contributed by atoms with Gasteiger partial charge in [-0.2, -0.15) is 0 Å². The molecule has 0 saturated heterocycles. The minimum atomic E-state index is -0.198. The summed E-state index contributed by atoms with van der Waals surface area (Å²) in [5.41, 5.74) is 7.48. The zero-order chi connectivity index (χ0) is 28.8. The molecular formula is C35H49FN2O. The average Bonchev–Trinajstić information content (AvgIpc) is 3.38. The van der Waals surface area contributed by atoms with Crippen molar-refractivity contribution in [1.29, 1.82) is 0 Å². The second-order valence-electron chi connectivity index (χ2n) is 9.43. The summed E-state index contributed by atoms with van der Waals surface area (Å²) in [5.74, 6) is -0.198. The van der Waals surface area contributed by atoms with Crippen molar-refractivity contribution in [3.8, 4) is 0 Å². The van der Waals surface area contributed by atoms with Crippen LogP contribution >= 0.6 is 0 Å². The third-order valence-corrected chi connectivity index (χ3v) is 7.36. The molecule has 3 aromatic rings. The van der Waals surface area contributed by atoms with E-state index in [1.165, 1.54) is 40.1 Å². The van der Waals surface area contributed by atoms with Crippen molar-refractivity contribution >= 4 is 16.9 Å². The van der Waals surface area contributed by atoms with E-state index >= 15 is 0 Å². The molecule has 39 heavy (non-hydrogen) atoms. The van der Waals surface area contributed by atoms with Crippen LogP contribution < -0.4 is 4.90 Å². The molecular weight excluding hydrogens is 483 g/mol. The summed E-state index contributed by atoms with van der Waals surface area (Å²) in [6, 6.07) is 23.6. The van der Waals surface area contributed by atoms with Crippen LogP contribution in [0, 0.1) is 5.82 Å². The van der Waals surface area contributed by atoms with Crippen LogP contribution in [0.1, 0.15) is 78.0 Å². The van der Waals surface area contributed by atoms with Crippen LogP contribution in [0.2, 0.25) is 0 Å². The number of halogens is 1. The highest BCUT2D eigenvalue weighted by Gasteiger charge is 2.37. The minimum Gasteiger partial charge on any atom is -0.366 e. The van der Waals surface area contributed by atoms with Crippen LogP contribution in [0.5, 0.6) is 0 Å². The van der Waals surface area contributed by atoms with E-state index in [4.69, 9.17) is 4.74 Å². The van der Waals surface area contributed by atoms with Gasteiger partial charge in [0.25, 0.3) is 0 Å². The molecule has 212 valence electrons. The van der Waals surface area contributed by atoms with Crippen LogP contribution in [-0.4, -0.2) is 31.6 Å². The standard InChI is InChI=1S/C16H14FN.C15H23NO.2C2H6/c1-12-10-11-18(14-8-6-13(17)7-9-14)16-5-3-2-4-15(12)16;1-4-15(10-11-16(3)5-2)14-9-7-6-8-13(14)12-17-15;2*1-2/h2-10H,11H2,1H3;6-9H,4-5,10-12H2,1-3H3;2*1-2H3. The van der Waals surface area contributed by atoms with Gasteiger partial charge in [-0.25, -0.2) is 4.39 Å². The third kappa shape index (κ3) is 8.03. The third-order valence-electron chi connectivity index (χ3n) is 7.36. The van der Waals surface area contributed by atoms with E-state index < -0.39 is 0 Å². The van der Waals surface area contributed by atoms with Crippen LogP contribution in [-0.2, 0) is 16.9 Å². The summed E-state index contributed by atoms with van der Waals surface area (Å²) >= 11 is 0. The number of allylic oxidation sites excluding steroid dienone is 1. The van der Waals surface area contributed by atoms with Gasteiger partial charge in [0.1, 0.15) is 5.82 Å². The predicted molar refractivity (Wildman–Crippen MR) is 167 cm³/mol. The van der Waals surface area contributed by atoms with Gasteiger partial charge in [-0.15, -0.1) is 0 Å². The Morgan fingerprint density at radius 1 is 0.897 bits per heavy atom. The van der Waals surface area contributed by atoms with Gasteiger partial charge in [0, 0.05) is 30.0 Å². The number of hydrogen-bond acceptors (Lipinski definition) is 3. The van der Waals surface area contributed by atoms with Gasteiger partial charge in [-0.1, -0.05) is 90.1 Å². The van der Waals surface area contributed by atoms with E-state index in [2.05, 4.69) is 80.1 Å². The van der Waals surface area contributed by atoms with Crippen molar-refractivity contribution in [2.45, 2.75) is 73.5 Å². The molecule has 0 aromatic heterocycles. The van der Waals surface area contributed by atoms with Crippen molar-refractivity contribution in [3.63, 3.8) is 0 Å². The maximum absolute atomic E-state index is 13.0. The summed E-state index contributed by atoms with van der Waals surface area (Å²) in [6.07, 6.45) is 4.35. The summed E-state index contributed by atoms with van der Waals surface area (Å²) in [5, 5.41) is 0.